The van der Waals surface area contributed by atoms with E-state index in [2.05, 4.69) is 12.2 Å². The third-order valence-corrected chi connectivity index (χ3v) is 6.94. The molecule has 150 valence electrons. The standard InChI is InChI=1S/C22H20FNO5/c1-10(22(28)29-9-17(25)11-2-4-12(23)5-3-11)24-20(26)18-13-6-7-14(16-8-15(13)16)19(18)21(24)27/h2-7,10,13-16,18-19H,8-9H2,1H3/t10-,13+,14+,15+,16+,18-,19+/m0/s1. The number of halogens is 1. The minimum Gasteiger partial charge on any atom is -0.456 e. The molecule has 2 amide bonds. The van der Waals surface area contributed by atoms with E-state index in [1.54, 1.807) is 0 Å². The number of carbonyl (C=O) groups is 4. The second-order valence-electron chi connectivity index (χ2n) is 8.41. The molecule has 3 fully saturated rings. The summed E-state index contributed by atoms with van der Waals surface area (Å²) in [5.74, 6) is -1.99. The van der Waals surface area contributed by atoms with E-state index in [0.717, 1.165) is 23.5 Å². The molecule has 6 rings (SSSR count). The number of allylic oxidation sites excluding steroid dienone is 2. The summed E-state index contributed by atoms with van der Waals surface area (Å²) in [6, 6.07) is 3.82. The number of hydrogen-bond acceptors (Lipinski definition) is 5. The average molecular weight is 397 g/mol. The van der Waals surface area contributed by atoms with Crippen molar-refractivity contribution in [3.05, 3.63) is 47.8 Å². The normalized spacial score (nSPS) is 34.6. The van der Waals surface area contributed by atoms with Crippen LogP contribution in [0.15, 0.2) is 36.4 Å². The van der Waals surface area contributed by atoms with Gasteiger partial charge in [0.05, 0.1) is 11.8 Å². The lowest BCUT2D eigenvalue weighted by atomic mass is 9.63. The predicted octanol–water partition coefficient (Wildman–Crippen LogP) is 1.99. The van der Waals surface area contributed by atoms with Gasteiger partial charge in [0.1, 0.15) is 11.9 Å². The van der Waals surface area contributed by atoms with Crippen LogP contribution in [0.2, 0.25) is 0 Å². The van der Waals surface area contributed by atoms with Gasteiger partial charge in [-0.15, -0.1) is 0 Å². The Morgan fingerprint density at radius 2 is 1.62 bits per heavy atom. The molecule has 1 saturated heterocycles. The number of imide groups is 1. The van der Waals surface area contributed by atoms with Crippen molar-refractivity contribution in [2.45, 2.75) is 19.4 Å². The molecule has 1 aliphatic heterocycles. The number of esters is 1. The Morgan fingerprint density at radius 3 is 2.17 bits per heavy atom. The van der Waals surface area contributed by atoms with Crippen LogP contribution < -0.4 is 0 Å². The molecule has 0 unspecified atom stereocenters. The van der Waals surface area contributed by atoms with Gasteiger partial charge in [-0.1, -0.05) is 12.2 Å². The summed E-state index contributed by atoms with van der Waals surface area (Å²) >= 11 is 0. The maximum absolute atomic E-state index is 13.0. The highest BCUT2D eigenvalue weighted by atomic mass is 19.1. The van der Waals surface area contributed by atoms with Crippen LogP contribution in [-0.2, 0) is 19.1 Å². The molecule has 2 saturated carbocycles. The average Bonchev–Trinajstić information content (AvgIpc) is 3.49. The molecule has 0 aromatic heterocycles. The number of amides is 2. The first-order valence-corrected chi connectivity index (χ1v) is 9.89. The van der Waals surface area contributed by atoms with Gasteiger partial charge in [0.2, 0.25) is 11.8 Å². The van der Waals surface area contributed by atoms with Crippen LogP contribution in [0.3, 0.4) is 0 Å². The molecule has 6 nitrogen and oxygen atoms in total. The Morgan fingerprint density at radius 1 is 1.07 bits per heavy atom. The zero-order valence-corrected chi connectivity index (χ0v) is 15.8. The van der Waals surface area contributed by atoms with E-state index in [1.807, 2.05) is 0 Å². The summed E-state index contributed by atoms with van der Waals surface area (Å²) in [6.07, 6.45) is 5.21. The van der Waals surface area contributed by atoms with E-state index in [-0.39, 0.29) is 41.0 Å². The molecule has 2 bridgehead atoms. The number of likely N-dealkylation sites (tertiary alicyclic amines) is 1. The van der Waals surface area contributed by atoms with Crippen LogP contribution >= 0.6 is 0 Å². The van der Waals surface area contributed by atoms with E-state index >= 15 is 0 Å². The summed E-state index contributed by atoms with van der Waals surface area (Å²) in [4.78, 5) is 51.6. The van der Waals surface area contributed by atoms with Gasteiger partial charge >= 0.3 is 5.97 Å². The second-order valence-corrected chi connectivity index (χ2v) is 8.41. The van der Waals surface area contributed by atoms with Crippen LogP contribution in [0, 0.1) is 41.3 Å². The first-order valence-electron chi connectivity index (χ1n) is 9.89. The maximum Gasteiger partial charge on any atom is 0.329 e. The predicted molar refractivity (Wildman–Crippen MR) is 97.7 cm³/mol. The zero-order valence-electron chi connectivity index (χ0n) is 15.8. The third kappa shape index (κ3) is 2.67. The highest BCUT2D eigenvalue weighted by Gasteiger charge is 2.67. The first kappa shape index (κ1) is 18.2. The molecular formula is C22H20FNO5. The molecule has 0 N–H and O–H groups in total. The van der Waals surface area contributed by atoms with Gasteiger partial charge in [-0.3, -0.25) is 19.3 Å². The van der Waals surface area contributed by atoms with E-state index < -0.39 is 30.2 Å². The molecule has 4 aliphatic carbocycles. The number of benzene rings is 1. The van der Waals surface area contributed by atoms with Crippen molar-refractivity contribution in [1.82, 2.24) is 4.90 Å². The molecule has 1 aromatic rings. The Hall–Kier alpha value is -2.83. The van der Waals surface area contributed by atoms with Crippen LogP contribution in [0.25, 0.3) is 0 Å². The number of ether oxygens (including phenoxy) is 1. The molecule has 0 spiro atoms. The molecule has 29 heavy (non-hydrogen) atoms. The van der Waals surface area contributed by atoms with Gasteiger partial charge in [-0.2, -0.15) is 0 Å². The fraction of sp³-hybridized carbons (Fsp3) is 0.455. The van der Waals surface area contributed by atoms with Gasteiger partial charge < -0.3 is 4.74 Å². The molecule has 7 atom stereocenters. The fourth-order valence-electron chi connectivity index (χ4n) is 5.44. The highest BCUT2D eigenvalue weighted by molar-refractivity contribution is 6.09. The zero-order chi connectivity index (χ0) is 20.4. The van der Waals surface area contributed by atoms with Crippen LogP contribution in [0.5, 0.6) is 0 Å². The van der Waals surface area contributed by atoms with Gasteiger partial charge in [-0.25, -0.2) is 9.18 Å². The third-order valence-electron chi connectivity index (χ3n) is 6.94. The van der Waals surface area contributed by atoms with Crippen LogP contribution in [0.1, 0.15) is 23.7 Å². The first-order chi connectivity index (χ1) is 13.9. The summed E-state index contributed by atoms with van der Waals surface area (Å²) in [6.45, 7) is 0.919. The number of rotatable bonds is 5. The highest BCUT2D eigenvalue weighted by Crippen LogP contribution is 2.65. The Bertz CT molecular complexity index is 918. The maximum atomic E-state index is 13.0. The van der Waals surface area contributed by atoms with E-state index in [9.17, 15) is 23.6 Å². The Labute approximate surface area is 166 Å². The number of hydrogen-bond donors (Lipinski definition) is 0. The summed E-state index contributed by atoms with van der Waals surface area (Å²) in [7, 11) is 0. The summed E-state index contributed by atoms with van der Waals surface area (Å²) < 4.78 is 18.0. The molecule has 5 aliphatic rings. The quantitative estimate of drug-likeness (QED) is 0.329. The topological polar surface area (TPSA) is 80.8 Å². The SMILES string of the molecule is C[C@@H](C(=O)OCC(=O)c1ccc(F)cc1)N1C(=O)[C@@H]2[C@@H]3C=C[C@H]([C@H]4C[C@H]34)[C@@H]2C1=O. The largest absolute Gasteiger partial charge is 0.456 e. The van der Waals surface area contributed by atoms with Gasteiger partial charge in [0.25, 0.3) is 0 Å². The minimum atomic E-state index is -1.09. The van der Waals surface area contributed by atoms with Gasteiger partial charge in [0, 0.05) is 5.56 Å². The van der Waals surface area contributed by atoms with Crippen molar-refractivity contribution in [2.75, 3.05) is 6.61 Å². The van der Waals surface area contributed by atoms with Crippen molar-refractivity contribution in [2.24, 2.45) is 35.5 Å². The Balaban J connectivity index is 1.26. The number of carbonyl (C=O) groups excluding carboxylic acids is 4. The second kappa shape index (κ2) is 6.34. The smallest absolute Gasteiger partial charge is 0.329 e. The minimum absolute atomic E-state index is 0.0831. The van der Waals surface area contributed by atoms with Gasteiger partial charge in [-0.05, 0) is 61.3 Å². The van der Waals surface area contributed by atoms with Crippen molar-refractivity contribution < 1.29 is 28.3 Å². The lowest BCUT2D eigenvalue weighted by Crippen LogP contribution is -2.45. The van der Waals surface area contributed by atoms with E-state index in [4.69, 9.17) is 4.74 Å². The van der Waals surface area contributed by atoms with E-state index in [1.165, 1.54) is 19.1 Å². The summed E-state index contributed by atoms with van der Waals surface area (Å²) in [5, 5.41) is 0. The van der Waals surface area contributed by atoms with Crippen molar-refractivity contribution >= 4 is 23.6 Å². The van der Waals surface area contributed by atoms with Crippen molar-refractivity contribution in [3.8, 4) is 0 Å². The Kier molecular flexibility index (Phi) is 3.98. The number of Topliss-reactive ketones (excluding diaryl/α,β-unsaturated/α-hetero) is 1. The van der Waals surface area contributed by atoms with E-state index in [0.29, 0.717) is 11.8 Å². The lowest BCUT2D eigenvalue weighted by molar-refractivity contribution is -0.157. The fourth-order valence-corrected chi connectivity index (χ4v) is 5.44. The molecule has 0 radical (unpaired) electrons. The summed E-state index contributed by atoms with van der Waals surface area (Å²) in [5.41, 5.74) is 0.216. The van der Waals surface area contributed by atoms with Gasteiger partial charge in [0.15, 0.2) is 12.4 Å². The van der Waals surface area contributed by atoms with Crippen LogP contribution in [-0.4, -0.2) is 41.1 Å². The molecule has 1 heterocycles. The lowest BCUT2D eigenvalue weighted by Gasteiger charge is -2.37. The van der Waals surface area contributed by atoms with Crippen molar-refractivity contribution in [3.63, 3.8) is 0 Å². The number of nitrogens with zero attached hydrogens (tertiary/aromatic N) is 1. The monoisotopic (exact) mass is 397 g/mol. The molecule has 1 aromatic carbocycles. The molecular weight excluding hydrogens is 377 g/mol. The van der Waals surface area contributed by atoms with Crippen LogP contribution in [0.4, 0.5) is 4.39 Å². The van der Waals surface area contributed by atoms with Crippen molar-refractivity contribution in [1.29, 1.82) is 0 Å². The molecule has 7 heteroatoms. The number of ketones is 1.